The molecular formula is C16H18FNOS. The third-order valence-electron chi connectivity index (χ3n) is 3.65. The second-order valence-corrected chi connectivity index (χ2v) is 6.32. The van der Waals surface area contributed by atoms with E-state index in [0.29, 0.717) is 11.6 Å². The van der Waals surface area contributed by atoms with Crippen molar-refractivity contribution in [2.75, 3.05) is 4.90 Å². The maximum absolute atomic E-state index is 14.0. The van der Waals surface area contributed by atoms with Crippen LogP contribution in [0, 0.1) is 5.82 Å². The van der Waals surface area contributed by atoms with E-state index in [-0.39, 0.29) is 5.82 Å². The van der Waals surface area contributed by atoms with Gasteiger partial charge in [0.2, 0.25) is 0 Å². The number of aliphatic hydroxyl groups is 1. The number of hydrogen-bond acceptors (Lipinski definition) is 3. The third-order valence-corrected chi connectivity index (χ3v) is 4.51. The molecule has 1 aliphatic carbocycles. The highest BCUT2D eigenvalue weighted by Gasteiger charge is 2.32. The Morgan fingerprint density at radius 1 is 1.35 bits per heavy atom. The van der Waals surface area contributed by atoms with Crippen molar-refractivity contribution in [3.63, 3.8) is 0 Å². The van der Waals surface area contributed by atoms with Crippen LogP contribution in [0.2, 0.25) is 0 Å². The first-order valence-corrected chi connectivity index (χ1v) is 7.80. The van der Waals surface area contributed by atoms with E-state index >= 15 is 0 Å². The predicted octanol–water partition coefficient (Wildman–Crippen LogP) is 4.11. The fourth-order valence-electron chi connectivity index (χ4n) is 2.56. The largest absolute Gasteiger partial charge is 0.389 e. The molecule has 1 aromatic carbocycles. The van der Waals surface area contributed by atoms with Gasteiger partial charge in [-0.15, -0.1) is 11.3 Å². The first-order valence-electron chi connectivity index (χ1n) is 6.92. The van der Waals surface area contributed by atoms with Gasteiger partial charge in [0, 0.05) is 22.2 Å². The molecule has 0 bridgehead atoms. The maximum atomic E-state index is 14.0. The predicted molar refractivity (Wildman–Crippen MR) is 80.6 cm³/mol. The standard InChI is InChI=1S/C16H18FNOS/c1-11(19)16-14(17)5-2-6-15(16)18(12-7-8-12)10-13-4-3-9-20-13/h2-6,9,11-12,19H,7-8,10H2,1H3/t11-/m0/s1. The normalized spacial score (nSPS) is 16.1. The van der Waals surface area contributed by atoms with Gasteiger partial charge in [-0.2, -0.15) is 0 Å². The summed E-state index contributed by atoms with van der Waals surface area (Å²) in [5.41, 5.74) is 1.24. The molecule has 0 unspecified atom stereocenters. The molecule has 1 aromatic heterocycles. The number of anilines is 1. The number of rotatable bonds is 5. The summed E-state index contributed by atoms with van der Waals surface area (Å²) in [6.07, 6.45) is 1.48. The van der Waals surface area contributed by atoms with E-state index < -0.39 is 6.10 Å². The summed E-state index contributed by atoms with van der Waals surface area (Å²) in [5.74, 6) is -0.325. The van der Waals surface area contributed by atoms with Gasteiger partial charge in [-0.05, 0) is 43.3 Å². The van der Waals surface area contributed by atoms with Crippen LogP contribution >= 0.6 is 11.3 Å². The molecule has 1 N–H and O–H groups in total. The quantitative estimate of drug-likeness (QED) is 0.896. The zero-order valence-corrected chi connectivity index (χ0v) is 12.2. The highest BCUT2D eigenvalue weighted by molar-refractivity contribution is 7.09. The molecule has 106 valence electrons. The molecular weight excluding hydrogens is 273 g/mol. The highest BCUT2D eigenvalue weighted by Crippen LogP contribution is 2.38. The lowest BCUT2D eigenvalue weighted by Crippen LogP contribution is -2.26. The van der Waals surface area contributed by atoms with Crippen LogP contribution in [0.1, 0.15) is 36.3 Å². The van der Waals surface area contributed by atoms with Crippen molar-refractivity contribution in [1.82, 2.24) is 0 Å². The topological polar surface area (TPSA) is 23.5 Å². The average molecular weight is 291 g/mol. The molecule has 1 aliphatic rings. The van der Waals surface area contributed by atoms with Crippen molar-refractivity contribution in [1.29, 1.82) is 0 Å². The van der Waals surface area contributed by atoms with Crippen LogP contribution < -0.4 is 4.90 Å². The molecule has 2 aromatic rings. The Morgan fingerprint density at radius 3 is 2.75 bits per heavy atom. The van der Waals surface area contributed by atoms with Crippen LogP contribution in [0.4, 0.5) is 10.1 Å². The van der Waals surface area contributed by atoms with Gasteiger partial charge in [0.15, 0.2) is 0 Å². The van der Waals surface area contributed by atoms with Crippen molar-refractivity contribution in [2.24, 2.45) is 0 Å². The minimum atomic E-state index is -0.796. The number of benzene rings is 1. The Morgan fingerprint density at radius 2 is 2.15 bits per heavy atom. The first-order chi connectivity index (χ1) is 9.66. The molecule has 0 aliphatic heterocycles. The molecule has 1 fully saturated rings. The number of nitrogens with zero attached hydrogens (tertiary/aromatic N) is 1. The lowest BCUT2D eigenvalue weighted by Gasteiger charge is -2.27. The molecule has 20 heavy (non-hydrogen) atoms. The van der Waals surface area contributed by atoms with Crippen molar-refractivity contribution in [3.05, 3.63) is 52.0 Å². The summed E-state index contributed by atoms with van der Waals surface area (Å²) in [5, 5.41) is 12.0. The van der Waals surface area contributed by atoms with Crippen LogP contribution in [0.25, 0.3) is 0 Å². The molecule has 0 radical (unpaired) electrons. The molecule has 0 amide bonds. The summed E-state index contributed by atoms with van der Waals surface area (Å²) in [4.78, 5) is 3.49. The van der Waals surface area contributed by atoms with E-state index in [4.69, 9.17) is 0 Å². The molecule has 1 heterocycles. The zero-order valence-electron chi connectivity index (χ0n) is 11.4. The van der Waals surface area contributed by atoms with Crippen LogP contribution in [0.3, 0.4) is 0 Å². The van der Waals surface area contributed by atoms with Crippen LogP contribution in [-0.2, 0) is 6.54 Å². The summed E-state index contributed by atoms with van der Waals surface area (Å²) in [6, 6.07) is 9.66. The summed E-state index contributed by atoms with van der Waals surface area (Å²) >= 11 is 1.71. The van der Waals surface area contributed by atoms with E-state index in [9.17, 15) is 9.50 Å². The smallest absolute Gasteiger partial charge is 0.131 e. The lowest BCUT2D eigenvalue weighted by atomic mass is 10.1. The van der Waals surface area contributed by atoms with Crippen molar-refractivity contribution < 1.29 is 9.50 Å². The number of hydrogen-bond donors (Lipinski definition) is 1. The molecule has 0 saturated heterocycles. The van der Waals surface area contributed by atoms with Crippen LogP contribution in [0.15, 0.2) is 35.7 Å². The summed E-state index contributed by atoms with van der Waals surface area (Å²) in [6.45, 7) is 2.41. The van der Waals surface area contributed by atoms with Gasteiger partial charge in [0.1, 0.15) is 5.82 Å². The van der Waals surface area contributed by atoms with E-state index in [2.05, 4.69) is 16.3 Å². The maximum Gasteiger partial charge on any atom is 0.131 e. The Labute approximate surface area is 122 Å². The molecule has 1 atom stereocenters. The Balaban J connectivity index is 1.97. The Bertz CT molecular complexity index is 578. The number of halogens is 1. The van der Waals surface area contributed by atoms with Crippen molar-refractivity contribution in [3.8, 4) is 0 Å². The van der Waals surface area contributed by atoms with Gasteiger partial charge < -0.3 is 10.0 Å². The first kappa shape index (κ1) is 13.6. The van der Waals surface area contributed by atoms with Gasteiger partial charge in [0.05, 0.1) is 12.6 Å². The van der Waals surface area contributed by atoms with E-state index in [1.54, 1.807) is 24.3 Å². The van der Waals surface area contributed by atoms with E-state index in [1.807, 2.05) is 12.1 Å². The van der Waals surface area contributed by atoms with Gasteiger partial charge in [-0.1, -0.05) is 12.1 Å². The minimum Gasteiger partial charge on any atom is -0.389 e. The van der Waals surface area contributed by atoms with E-state index in [0.717, 1.165) is 25.1 Å². The monoisotopic (exact) mass is 291 g/mol. The lowest BCUT2D eigenvalue weighted by molar-refractivity contribution is 0.194. The number of thiophene rings is 1. The van der Waals surface area contributed by atoms with Crippen LogP contribution in [-0.4, -0.2) is 11.1 Å². The van der Waals surface area contributed by atoms with Gasteiger partial charge >= 0.3 is 0 Å². The fraction of sp³-hybridized carbons (Fsp3) is 0.375. The molecule has 1 saturated carbocycles. The second kappa shape index (κ2) is 5.54. The average Bonchev–Trinajstić information content (AvgIpc) is 3.12. The van der Waals surface area contributed by atoms with Crippen molar-refractivity contribution >= 4 is 17.0 Å². The Hall–Kier alpha value is -1.39. The van der Waals surface area contributed by atoms with Gasteiger partial charge in [-0.3, -0.25) is 0 Å². The van der Waals surface area contributed by atoms with Gasteiger partial charge in [0.25, 0.3) is 0 Å². The summed E-state index contributed by atoms with van der Waals surface area (Å²) < 4.78 is 14.0. The Kier molecular flexibility index (Phi) is 3.76. The fourth-order valence-corrected chi connectivity index (χ4v) is 3.26. The zero-order chi connectivity index (χ0) is 14.1. The van der Waals surface area contributed by atoms with Crippen molar-refractivity contribution in [2.45, 2.75) is 38.5 Å². The molecule has 2 nitrogen and oxygen atoms in total. The highest BCUT2D eigenvalue weighted by atomic mass is 32.1. The second-order valence-electron chi connectivity index (χ2n) is 5.29. The molecule has 4 heteroatoms. The molecule has 3 rings (SSSR count). The summed E-state index contributed by atoms with van der Waals surface area (Å²) in [7, 11) is 0. The van der Waals surface area contributed by atoms with Gasteiger partial charge in [-0.25, -0.2) is 4.39 Å². The molecule has 0 spiro atoms. The van der Waals surface area contributed by atoms with Crippen LogP contribution in [0.5, 0.6) is 0 Å². The third kappa shape index (κ3) is 2.72. The number of aliphatic hydroxyl groups excluding tert-OH is 1. The SMILES string of the molecule is C[C@H](O)c1c(F)cccc1N(Cc1cccs1)C1CC1. The minimum absolute atomic E-state index is 0.325. The van der Waals surface area contributed by atoms with E-state index in [1.165, 1.54) is 10.9 Å².